The molecule has 0 amide bonds. The third-order valence-corrected chi connectivity index (χ3v) is 8.65. The molecular formula is C28H22ClN7O3S2. The lowest BCUT2D eigenvalue weighted by molar-refractivity contribution is -0.136. The second-order valence-corrected chi connectivity index (χ2v) is 11.5. The number of tetrazole rings is 1. The minimum Gasteiger partial charge on any atom is -0.489 e. The van der Waals surface area contributed by atoms with Gasteiger partial charge in [0.2, 0.25) is 5.95 Å². The standard InChI is InChI=1S/C28H22ClN7O3S2/c1-38-26(37)23-22(16-40-28-33-31-25(41-28)18-6-3-2-4-7-18)30-27-32-34-35-36(27)24(23)19-8-5-9-21(14-19)39-15-17-10-12-20(29)13-11-17/h2-14,24H,15-16H2,1H3,(H,30,32,35). The van der Waals surface area contributed by atoms with Gasteiger partial charge in [-0.1, -0.05) is 94.4 Å². The molecule has 1 N–H and O–H groups in total. The Morgan fingerprint density at radius 2 is 1.88 bits per heavy atom. The molecule has 1 aliphatic rings. The van der Waals surface area contributed by atoms with Gasteiger partial charge in [-0.3, -0.25) is 0 Å². The van der Waals surface area contributed by atoms with Gasteiger partial charge in [0.05, 0.1) is 12.7 Å². The highest BCUT2D eigenvalue weighted by Crippen LogP contribution is 2.38. The number of methoxy groups -OCH3 is 1. The molecule has 0 saturated heterocycles. The van der Waals surface area contributed by atoms with Crippen LogP contribution >= 0.6 is 34.7 Å². The van der Waals surface area contributed by atoms with Gasteiger partial charge in [-0.05, 0) is 45.8 Å². The number of aromatic nitrogens is 6. The summed E-state index contributed by atoms with van der Waals surface area (Å²) in [7, 11) is 1.36. The maximum atomic E-state index is 13.2. The fourth-order valence-corrected chi connectivity index (χ4v) is 6.28. The Hall–Kier alpha value is -4.26. The number of rotatable bonds is 9. The Morgan fingerprint density at radius 3 is 2.68 bits per heavy atom. The highest BCUT2D eigenvalue weighted by Gasteiger charge is 2.36. The molecule has 0 aliphatic carbocycles. The molecule has 41 heavy (non-hydrogen) atoms. The van der Waals surface area contributed by atoms with Crippen molar-refractivity contribution in [2.75, 3.05) is 18.2 Å². The molecule has 13 heteroatoms. The summed E-state index contributed by atoms with van der Waals surface area (Å²) in [5, 5.41) is 25.5. The smallest absolute Gasteiger partial charge is 0.338 e. The Morgan fingerprint density at radius 1 is 1.05 bits per heavy atom. The van der Waals surface area contributed by atoms with Crippen molar-refractivity contribution in [3.63, 3.8) is 0 Å². The quantitative estimate of drug-likeness (QED) is 0.167. The molecule has 0 saturated carbocycles. The molecule has 0 fully saturated rings. The third kappa shape index (κ3) is 5.94. The predicted molar refractivity (Wildman–Crippen MR) is 157 cm³/mol. The number of esters is 1. The maximum absolute atomic E-state index is 13.2. The van der Waals surface area contributed by atoms with Gasteiger partial charge < -0.3 is 14.8 Å². The topological polar surface area (TPSA) is 117 Å². The Bertz CT molecular complexity index is 1710. The lowest BCUT2D eigenvalue weighted by Gasteiger charge is -2.28. The van der Waals surface area contributed by atoms with E-state index >= 15 is 0 Å². The van der Waals surface area contributed by atoms with Crippen LogP contribution in [0.25, 0.3) is 10.6 Å². The van der Waals surface area contributed by atoms with Crippen molar-refractivity contribution in [2.24, 2.45) is 0 Å². The number of anilines is 1. The van der Waals surface area contributed by atoms with Gasteiger partial charge in [-0.15, -0.1) is 10.2 Å². The minimum atomic E-state index is -0.641. The Labute approximate surface area is 248 Å². The van der Waals surface area contributed by atoms with Crippen LogP contribution in [0.5, 0.6) is 5.75 Å². The van der Waals surface area contributed by atoms with E-state index in [4.69, 9.17) is 21.1 Å². The lowest BCUT2D eigenvalue weighted by Crippen LogP contribution is -2.31. The zero-order valence-electron chi connectivity index (χ0n) is 21.6. The van der Waals surface area contributed by atoms with Crippen molar-refractivity contribution in [3.8, 4) is 16.3 Å². The van der Waals surface area contributed by atoms with E-state index in [9.17, 15) is 4.79 Å². The summed E-state index contributed by atoms with van der Waals surface area (Å²) in [6.07, 6.45) is 0. The van der Waals surface area contributed by atoms with E-state index in [1.807, 2.05) is 78.9 Å². The minimum absolute atomic E-state index is 0.359. The normalized spacial score (nSPS) is 14.3. The molecule has 1 unspecified atom stereocenters. The van der Waals surface area contributed by atoms with Gasteiger partial charge in [-0.25, -0.2) is 4.79 Å². The largest absolute Gasteiger partial charge is 0.489 e. The van der Waals surface area contributed by atoms with E-state index in [-0.39, 0.29) is 0 Å². The molecule has 206 valence electrons. The van der Waals surface area contributed by atoms with Gasteiger partial charge in [0.25, 0.3) is 0 Å². The summed E-state index contributed by atoms with van der Waals surface area (Å²) in [6.45, 7) is 0.359. The van der Waals surface area contributed by atoms with Crippen LogP contribution in [0.4, 0.5) is 5.95 Å². The summed E-state index contributed by atoms with van der Waals surface area (Å²) in [4.78, 5) is 13.2. The monoisotopic (exact) mass is 603 g/mol. The first-order chi connectivity index (χ1) is 20.1. The van der Waals surface area contributed by atoms with Crippen LogP contribution in [-0.4, -0.2) is 49.2 Å². The number of nitrogens with zero attached hydrogens (tertiary/aromatic N) is 6. The van der Waals surface area contributed by atoms with Crippen LogP contribution in [0.2, 0.25) is 5.02 Å². The fraction of sp³-hybridized carbons (Fsp3) is 0.143. The second-order valence-electron chi connectivity index (χ2n) is 8.87. The second kappa shape index (κ2) is 12.1. The summed E-state index contributed by atoms with van der Waals surface area (Å²) in [5.41, 5.74) is 3.75. The van der Waals surface area contributed by atoms with E-state index in [0.29, 0.717) is 40.4 Å². The molecule has 1 aliphatic heterocycles. The van der Waals surface area contributed by atoms with E-state index in [0.717, 1.165) is 26.0 Å². The van der Waals surface area contributed by atoms with Crippen molar-refractivity contribution >= 4 is 46.6 Å². The van der Waals surface area contributed by atoms with Gasteiger partial charge in [0.15, 0.2) is 4.34 Å². The molecule has 6 rings (SSSR count). The Kier molecular flexibility index (Phi) is 7.94. The summed E-state index contributed by atoms with van der Waals surface area (Å²) in [5.74, 6) is 0.944. The number of thioether (sulfide) groups is 1. The van der Waals surface area contributed by atoms with Crippen LogP contribution in [0.1, 0.15) is 17.2 Å². The zero-order valence-corrected chi connectivity index (χ0v) is 24.0. The van der Waals surface area contributed by atoms with Crippen molar-refractivity contribution < 1.29 is 14.3 Å². The summed E-state index contributed by atoms with van der Waals surface area (Å²) >= 11 is 8.95. The van der Waals surface area contributed by atoms with E-state index in [1.54, 1.807) is 4.68 Å². The van der Waals surface area contributed by atoms with Crippen molar-refractivity contribution in [2.45, 2.75) is 17.0 Å². The number of fused-ring (bicyclic) bond motifs is 1. The predicted octanol–water partition coefficient (Wildman–Crippen LogP) is 5.66. The van der Waals surface area contributed by atoms with E-state index in [2.05, 4.69) is 31.0 Å². The first-order valence-corrected chi connectivity index (χ1v) is 14.6. The molecule has 0 spiro atoms. The number of halogens is 1. The molecule has 3 aromatic carbocycles. The van der Waals surface area contributed by atoms with Gasteiger partial charge in [-0.2, -0.15) is 4.68 Å². The van der Waals surface area contributed by atoms with E-state index in [1.165, 1.54) is 30.2 Å². The first kappa shape index (κ1) is 26.9. The van der Waals surface area contributed by atoms with Crippen molar-refractivity contribution in [1.82, 2.24) is 30.4 Å². The van der Waals surface area contributed by atoms with Gasteiger partial charge in [0.1, 0.15) is 23.4 Å². The number of ether oxygens (including phenoxy) is 2. The van der Waals surface area contributed by atoms with E-state index < -0.39 is 12.0 Å². The van der Waals surface area contributed by atoms with Crippen molar-refractivity contribution in [1.29, 1.82) is 0 Å². The van der Waals surface area contributed by atoms with Crippen LogP contribution in [0.3, 0.4) is 0 Å². The Balaban J connectivity index is 1.29. The number of nitrogens with one attached hydrogen (secondary N) is 1. The number of hydrogen-bond acceptors (Lipinski definition) is 11. The summed E-state index contributed by atoms with van der Waals surface area (Å²) in [6, 6.07) is 24.2. The fourth-order valence-electron chi connectivity index (χ4n) is 4.33. The number of carbonyl (C=O) groups is 1. The van der Waals surface area contributed by atoms with Crippen LogP contribution in [0.15, 0.2) is 94.5 Å². The molecule has 10 nitrogen and oxygen atoms in total. The average Bonchev–Trinajstić information content (AvgIpc) is 3.69. The van der Waals surface area contributed by atoms with Crippen LogP contribution in [-0.2, 0) is 16.1 Å². The lowest BCUT2D eigenvalue weighted by atomic mass is 9.95. The molecular weight excluding hydrogens is 582 g/mol. The molecule has 1 atom stereocenters. The molecule has 0 bridgehead atoms. The molecule has 3 heterocycles. The number of carbonyl (C=O) groups excluding carboxylic acids is 1. The zero-order chi connectivity index (χ0) is 28.2. The molecule has 0 radical (unpaired) electrons. The first-order valence-electron chi connectivity index (χ1n) is 12.4. The maximum Gasteiger partial charge on any atom is 0.338 e. The van der Waals surface area contributed by atoms with Crippen LogP contribution < -0.4 is 10.1 Å². The number of benzene rings is 3. The van der Waals surface area contributed by atoms with Gasteiger partial charge >= 0.3 is 5.97 Å². The summed E-state index contributed by atoms with van der Waals surface area (Å²) < 4.78 is 13.6. The molecule has 5 aromatic rings. The van der Waals surface area contributed by atoms with Crippen LogP contribution in [0, 0.1) is 0 Å². The third-order valence-electron chi connectivity index (χ3n) is 6.26. The highest BCUT2D eigenvalue weighted by molar-refractivity contribution is 8.01. The van der Waals surface area contributed by atoms with Gasteiger partial charge in [0, 0.05) is 22.0 Å². The average molecular weight is 604 g/mol. The van der Waals surface area contributed by atoms with Crippen molar-refractivity contribution in [3.05, 3.63) is 106 Å². The number of hydrogen-bond donors (Lipinski definition) is 1. The SMILES string of the molecule is COC(=O)C1=C(CSc2nnc(-c3ccccc3)s2)Nc2nnnn2C1c1cccc(OCc2ccc(Cl)cc2)c1. The highest BCUT2D eigenvalue weighted by atomic mass is 35.5. The molecule has 2 aromatic heterocycles.